The lowest BCUT2D eigenvalue weighted by Crippen LogP contribution is -1.73. The highest BCUT2D eigenvalue weighted by Gasteiger charge is 1.71. The van der Waals surface area contributed by atoms with E-state index in [1.807, 2.05) is 0 Å². The van der Waals surface area contributed by atoms with Crippen LogP contribution in [0.15, 0.2) is 4.63 Å². The van der Waals surface area contributed by atoms with Crippen LogP contribution in [-0.4, -0.2) is 16.6 Å². The monoisotopic (exact) mass is 101 g/mol. The number of rotatable bonds is 3. The lowest BCUT2D eigenvalue weighted by atomic mass is 10.3. The number of hydrogen-bond acceptors (Lipinski definition) is 1. The van der Waals surface area contributed by atoms with Gasteiger partial charge in [0.15, 0.2) is 0 Å². The zero-order chi connectivity index (χ0) is 4.83. The van der Waals surface area contributed by atoms with E-state index < -0.39 is 0 Å². The molecule has 1 nitrogen and oxygen atoms in total. The number of hydrogen-bond donors (Lipinski definition) is 0. The molecule has 0 aliphatic rings. The molecule has 0 unspecified atom stereocenters. The Hall–Kier alpha value is 0.0169. The fourth-order valence-electron chi connectivity index (χ4n) is 0.270. The Morgan fingerprint density at radius 3 is 2.50 bits per heavy atom. The van der Waals surface area contributed by atoms with Crippen LogP contribution in [0.2, 0.25) is 0 Å². The zero-order valence-corrected chi connectivity index (χ0v) is 5.69. The van der Waals surface area contributed by atoms with Crippen molar-refractivity contribution in [3.05, 3.63) is 0 Å². The van der Waals surface area contributed by atoms with Gasteiger partial charge in [-0.25, -0.2) is 0 Å². The molecule has 2 heteroatoms. The lowest BCUT2D eigenvalue weighted by molar-refractivity contribution is 0.813. The van der Waals surface area contributed by atoms with Gasteiger partial charge in [0.25, 0.3) is 0 Å². The first-order valence-corrected chi connectivity index (χ1v) is 2.97. The van der Waals surface area contributed by atoms with Gasteiger partial charge < -0.3 is 4.63 Å². The summed E-state index contributed by atoms with van der Waals surface area (Å²) in [4.78, 5) is 0. The molecule has 0 aromatic rings. The molecular formula is C4H11NSi. The van der Waals surface area contributed by atoms with Gasteiger partial charge in [-0.15, -0.1) is 0 Å². The minimum atomic E-state index is 1.05. The van der Waals surface area contributed by atoms with E-state index in [-0.39, 0.29) is 0 Å². The van der Waals surface area contributed by atoms with Gasteiger partial charge >= 0.3 is 0 Å². The maximum absolute atomic E-state index is 3.95. The van der Waals surface area contributed by atoms with E-state index in [1.165, 1.54) is 12.8 Å². The molecule has 0 heterocycles. The van der Waals surface area contributed by atoms with Gasteiger partial charge in [-0.2, -0.15) is 0 Å². The average Bonchev–Trinajstić information content (AvgIpc) is 1.61. The average molecular weight is 101 g/mol. The Labute approximate surface area is 41.9 Å². The molecule has 0 aromatic carbocycles. The van der Waals surface area contributed by atoms with Crippen molar-refractivity contribution in [3.63, 3.8) is 0 Å². The summed E-state index contributed by atoms with van der Waals surface area (Å²) in [5.74, 6) is 0. The molecule has 0 fully saturated rings. The second-order valence-corrected chi connectivity index (χ2v) is 1.75. The van der Waals surface area contributed by atoms with E-state index in [2.05, 4.69) is 11.6 Å². The quantitative estimate of drug-likeness (QED) is 0.365. The lowest BCUT2D eigenvalue weighted by Gasteiger charge is -1.83. The first-order chi connectivity index (χ1) is 2.91. The molecule has 0 spiro atoms. The van der Waals surface area contributed by atoms with Crippen molar-refractivity contribution in [2.75, 3.05) is 6.54 Å². The number of unbranched alkanes of at least 4 members (excludes halogenated alkanes) is 1. The highest BCUT2D eigenvalue weighted by atomic mass is 28.1. The molecule has 0 rings (SSSR count). The smallest absolute Gasteiger partial charge is 0.0887 e. The van der Waals surface area contributed by atoms with Crippen molar-refractivity contribution in [2.45, 2.75) is 19.8 Å². The summed E-state index contributed by atoms with van der Waals surface area (Å²) in [7, 11) is 1.69. The van der Waals surface area contributed by atoms with E-state index in [4.69, 9.17) is 0 Å². The topological polar surface area (TPSA) is 12.4 Å². The second kappa shape index (κ2) is 5.02. The van der Waals surface area contributed by atoms with Crippen LogP contribution in [0.4, 0.5) is 0 Å². The summed E-state index contributed by atoms with van der Waals surface area (Å²) < 4.78 is 3.95. The Balaban J connectivity index is 2.49. The van der Waals surface area contributed by atoms with Crippen molar-refractivity contribution in [1.29, 1.82) is 0 Å². The predicted octanol–water partition coefficient (Wildman–Crippen LogP) is 0.603. The minimum Gasteiger partial charge on any atom is -0.344 e. The highest BCUT2D eigenvalue weighted by Crippen LogP contribution is 1.83. The zero-order valence-electron chi connectivity index (χ0n) is 4.28. The third-order valence-electron chi connectivity index (χ3n) is 0.670. The third kappa shape index (κ3) is 4.02. The summed E-state index contributed by atoms with van der Waals surface area (Å²) in [6.07, 6.45) is 2.52. The number of nitrogens with zero attached hydrogens (tertiary/aromatic N) is 1. The van der Waals surface area contributed by atoms with Crippen LogP contribution < -0.4 is 0 Å². The molecule has 0 N–H and O–H groups in total. The second-order valence-electron chi connectivity index (χ2n) is 1.30. The fraction of sp³-hybridized carbons (Fsp3) is 1.00. The van der Waals surface area contributed by atoms with Crippen molar-refractivity contribution < 1.29 is 0 Å². The predicted molar refractivity (Wildman–Crippen MR) is 30.7 cm³/mol. The van der Waals surface area contributed by atoms with E-state index in [1.54, 1.807) is 10.0 Å². The largest absolute Gasteiger partial charge is 0.344 e. The molecule has 0 bridgehead atoms. The Morgan fingerprint density at radius 1 is 1.67 bits per heavy atom. The van der Waals surface area contributed by atoms with Gasteiger partial charge in [0.05, 0.1) is 10.0 Å². The summed E-state index contributed by atoms with van der Waals surface area (Å²) in [6.45, 7) is 3.23. The molecular weight excluding hydrogens is 90.1 g/mol. The Morgan fingerprint density at radius 2 is 2.33 bits per heavy atom. The Bertz CT molecular complexity index is 36.5. The van der Waals surface area contributed by atoms with E-state index in [0.717, 1.165) is 6.54 Å². The fourth-order valence-corrected chi connectivity index (χ4v) is 0.494. The van der Waals surface area contributed by atoms with Crippen LogP contribution in [0.25, 0.3) is 0 Å². The first kappa shape index (κ1) is 6.02. The maximum Gasteiger partial charge on any atom is 0.0887 e. The third-order valence-corrected chi connectivity index (χ3v) is 0.986. The van der Waals surface area contributed by atoms with Crippen molar-refractivity contribution in [1.82, 2.24) is 0 Å². The van der Waals surface area contributed by atoms with Crippen molar-refractivity contribution in [2.24, 2.45) is 4.63 Å². The molecule has 0 aliphatic heterocycles. The summed E-state index contributed by atoms with van der Waals surface area (Å²) >= 11 is 0. The van der Waals surface area contributed by atoms with Crippen LogP contribution in [-0.2, 0) is 0 Å². The van der Waals surface area contributed by atoms with Gasteiger partial charge in [-0.1, -0.05) is 13.3 Å². The van der Waals surface area contributed by atoms with Gasteiger partial charge in [-0.05, 0) is 6.42 Å². The summed E-state index contributed by atoms with van der Waals surface area (Å²) in [6, 6.07) is 0. The minimum absolute atomic E-state index is 1.05. The molecule has 36 valence electrons. The summed E-state index contributed by atoms with van der Waals surface area (Å²) in [5.41, 5.74) is 0. The van der Waals surface area contributed by atoms with Crippen LogP contribution in [0.3, 0.4) is 0 Å². The highest BCUT2D eigenvalue weighted by molar-refractivity contribution is 5.91. The van der Waals surface area contributed by atoms with E-state index in [9.17, 15) is 0 Å². The summed E-state index contributed by atoms with van der Waals surface area (Å²) in [5, 5.41) is 0. The van der Waals surface area contributed by atoms with Crippen LogP contribution in [0, 0.1) is 0 Å². The molecule has 0 atom stereocenters. The van der Waals surface area contributed by atoms with Gasteiger partial charge in [0.1, 0.15) is 0 Å². The van der Waals surface area contributed by atoms with Crippen LogP contribution >= 0.6 is 0 Å². The van der Waals surface area contributed by atoms with Crippen LogP contribution in [0.5, 0.6) is 0 Å². The molecule has 0 saturated carbocycles. The van der Waals surface area contributed by atoms with E-state index >= 15 is 0 Å². The molecule has 0 amide bonds. The Kier molecular flexibility index (Phi) is 5.03. The SMILES string of the molecule is CCCCN=[SiH2]. The van der Waals surface area contributed by atoms with Crippen molar-refractivity contribution in [3.8, 4) is 0 Å². The normalized spacial score (nSPS) is 8.17. The van der Waals surface area contributed by atoms with Gasteiger partial charge in [-0.3, -0.25) is 0 Å². The van der Waals surface area contributed by atoms with Gasteiger partial charge in [0.2, 0.25) is 0 Å². The molecule has 6 heavy (non-hydrogen) atoms. The standard InChI is InChI=1S/C4H11NSi/c1-2-3-4-5-6/h2-4,6H2,1H3. The van der Waals surface area contributed by atoms with E-state index in [0.29, 0.717) is 0 Å². The molecule has 0 aliphatic carbocycles. The molecule has 0 aromatic heterocycles. The molecule has 0 saturated heterocycles. The van der Waals surface area contributed by atoms with Crippen LogP contribution in [0.1, 0.15) is 19.8 Å². The molecule has 0 radical (unpaired) electrons. The first-order valence-electron chi connectivity index (χ1n) is 2.34. The van der Waals surface area contributed by atoms with Crippen molar-refractivity contribution >= 4 is 10.0 Å². The van der Waals surface area contributed by atoms with Gasteiger partial charge in [0, 0.05) is 6.54 Å². The maximum atomic E-state index is 3.95.